The Hall–Kier alpha value is -2.55. The Morgan fingerprint density at radius 2 is 2.00 bits per heavy atom. The third kappa shape index (κ3) is 5.55. The van der Waals surface area contributed by atoms with Gasteiger partial charge in [0.2, 0.25) is 0 Å². The Balaban J connectivity index is 2.42. The summed E-state index contributed by atoms with van der Waals surface area (Å²) in [6.45, 7) is 1.74. The van der Waals surface area contributed by atoms with Gasteiger partial charge >= 0.3 is 12.0 Å². The Morgan fingerprint density at radius 1 is 1.37 bits per heavy atom. The average Bonchev–Trinajstić information content (AvgIpc) is 2.37. The average molecular weight is 261 g/mol. The Labute approximate surface area is 111 Å². The van der Waals surface area contributed by atoms with Gasteiger partial charge in [0, 0.05) is 18.2 Å². The second-order valence-electron chi connectivity index (χ2n) is 4.12. The van der Waals surface area contributed by atoms with Crippen molar-refractivity contribution in [2.24, 2.45) is 0 Å². The molecule has 1 unspecified atom stereocenters. The molecule has 6 nitrogen and oxygen atoms in total. The molecule has 0 radical (unpaired) electrons. The monoisotopic (exact) mass is 261 g/mol. The summed E-state index contributed by atoms with van der Waals surface area (Å²) in [5.41, 5.74) is 1.09. The van der Waals surface area contributed by atoms with Crippen molar-refractivity contribution in [3.63, 3.8) is 0 Å². The SMILES string of the molecule is CC(CCC(=O)O)NC(=O)Nc1ccc(C#N)cc1. The summed E-state index contributed by atoms with van der Waals surface area (Å²) in [6, 6.07) is 7.81. The number of benzene rings is 1. The van der Waals surface area contributed by atoms with Crippen LogP contribution in [0.1, 0.15) is 25.3 Å². The summed E-state index contributed by atoms with van der Waals surface area (Å²) in [5, 5.41) is 22.4. The summed E-state index contributed by atoms with van der Waals surface area (Å²) in [7, 11) is 0. The predicted molar refractivity (Wildman–Crippen MR) is 69.6 cm³/mol. The predicted octanol–water partition coefficient (Wildman–Crippen LogP) is 1.93. The Bertz CT molecular complexity index is 491. The smallest absolute Gasteiger partial charge is 0.319 e. The maximum absolute atomic E-state index is 11.6. The van der Waals surface area contributed by atoms with Gasteiger partial charge in [0.15, 0.2) is 0 Å². The van der Waals surface area contributed by atoms with Crippen molar-refractivity contribution in [1.82, 2.24) is 5.32 Å². The van der Waals surface area contributed by atoms with E-state index in [1.54, 1.807) is 31.2 Å². The molecule has 0 heterocycles. The van der Waals surface area contributed by atoms with Gasteiger partial charge in [0.05, 0.1) is 11.6 Å². The summed E-state index contributed by atoms with van der Waals surface area (Å²) in [6.07, 6.45) is 0.383. The third-order valence-corrected chi connectivity index (χ3v) is 2.44. The van der Waals surface area contributed by atoms with E-state index in [0.29, 0.717) is 17.7 Å². The van der Waals surface area contributed by atoms with Crippen LogP contribution in [0.5, 0.6) is 0 Å². The van der Waals surface area contributed by atoms with Gasteiger partial charge in [-0.15, -0.1) is 0 Å². The number of carboxylic acid groups (broad SMARTS) is 1. The molecule has 0 aliphatic carbocycles. The zero-order chi connectivity index (χ0) is 14.3. The maximum atomic E-state index is 11.6. The van der Waals surface area contributed by atoms with E-state index < -0.39 is 12.0 Å². The van der Waals surface area contributed by atoms with Gasteiger partial charge in [0.25, 0.3) is 0 Å². The van der Waals surface area contributed by atoms with Gasteiger partial charge in [-0.1, -0.05) is 0 Å². The van der Waals surface area contributed by atoms with Crippen LogP contribution in [-0.2, 0) is 4.79 Å². The van der Waals surface area contributed by atoms with Crippen LogP contribution in [0, 0.1) is 11.3 Å². The number of nitriles is 1. The lowest BCUT2D eigenvalue weighted by molar-refractivity contribution is -0.137. The molecule has 100 valence electrons. The zero-order valence-corrected chi connectivity index (χ0v) is 10.5. The molecule has 0 aliphatic rings. The molecule has 0 aliphatic heterocycles. The number of carboxylic acids is 1. The minimum absolute atomic E-state index is 0.0122. The van der Waals surface area contributed by atoms with Crippen LogP contribution >= 0.6 is 0 Å². The molecule has 1 rings (SSSR count). The summed E-state index contributed by atoms with van der Waals surface area (Å²) in [4.78, 5) is 22.0. The first kappa shape index (κ1) is 14.5. The highest BCUT2D eigenvalue weighted by Gasteiger charge is 2.09. The topological polar surface area (TPSA) is 102 Å². The van der Waals surface area contributed by atoms with Crippen molar-refractivity contribution < 1.29 is 14.7 Å². The number of urea groups is 1. The molecule has 0 saturated heterocycles. The Kier molecular flexibility index (Phi) is 5.35. The molecule has 6 heteroatoms. The molecule has 0 bridgehead atoms. The van der Waals surface area contributed by atoms with Crippen LogP contribution in [0.3, 0.4) is 0 Å². The second-order valence-corrected chi connectivity index (χ2v) is 4.12. The van der Waals surface area contributed by atoms with E-state index in [9.17, 15) is 9.59 Å². The van der Waals surface area contributed by atoms with E-state index in [4.69, 9.17) is 10.4 Å². The normalized spacial score (nSPS) is 11.2. The molecular formula is C13H15N3O3. The second kappa shape index (κ2) is 7.01. The van der Waals surface area contributed by atoms with Gasteiger partial charge in [-0.25, -0.2) is 4.79 Å². The van der Waals surface area contributed by atoms with Gasteiger partial charge in [-0.2, -0.15) is 5.26 Å². The van der Waals surface area contributed by atoms with Crippen LogP contribution < -0.4 is 10.6 Å². The molecule has 1 atom stereocenters. The van der Waals surface area contributed by atoms with Crippen molar-refractivity contribution in [2.45, 2.75) is 25.8 Å². The van der Waals surface area contributed by atoms with Gasteiger partial charge < -0.3 is 15.7 Å². The standard InChI is InChI=1S/C13H15N3O3/c1-9(2-7-12(17)18)15-13(19)16-11-5-3-10(8-14)4-6-11/h3-6,9H,2,7H2,1H3,(H,17,18)(H2,15,16,19). The fraction of sp³-hybridized carbons (Fsp3) is 0.308. The number of hydrogen-bond acceptors (Lipinski definition) is 3. The van der Waals surface area contributed by atoms with Crippen LogP contribution in [-0.4, -0.2) is 23.1 Å². The van der Waals surface area contributed by atoms with Crippen molar-refractivity contribution in [2.75, 3.05) is 5.32 Å². The molecule has 2 amide bonds. The number of nitrogens with zero attached hydrogens (tertiary/aromatic N) is 1. The molecule has 0 spiro atoms. The lowest BCUT2D eigenvalue weighted by atomic mass is 10.2. The van der Waals surface area contributed by atoms with Crippen molar-refractivity contribution in [3.8, 4) is 6.07 Å². The zero-order valence-electron chi connectivity index (χ0n) is 10.5. The number of carbonyl (C=O) groups excluding carboxylic acids is 1. The number of rotatable bonds is 5. The van der Waals surface area contributed by atoms with E-state index in [1.807, 2.05) is 6.07 Å². The van der Waals surface area contributed by atoms with Gasteiger partial charge in [-0.3, -0.25) is 4.79 Å². The molecule has 19 heavy (non-hydrogen) atoms. The number of anilines is 1. The van der Waals surface area contributed by atoms with Crippen LogP contribution in [0.4, 0.5) is 10.5 Å². The summed E-state index contributed by atoms with van der Waals surface area (Å²) < 4.78 is 0. The number of amides is 2. The number of hydrogen-bond donors (Lipinski definition) is 3. The van der Waals surface area contributed by atoms with E-state index in [-0.39, 0.29) is 12.5 Å². The number of carbonyl (C=O) groups is 2. The first-order valence-electron chi connectivity index (χ1n) is 5.80. The van der Waals surface area contributed by atoms with Crippen LogP contribution in [0.25, 0.3) is 0 Å². The molecule has 1 aromatic rings. The summed E-state index contributed by atoms with van der Waals surface area (Å²) in [5.74, 6) is -0.888. The lowest BCUT2D eigenvalue weighted by Gasteiger charge is -2.13. The van der Waals surface area contributed by atoms with E-state index in [2.05, 4.69) is 10.6 Å². The minimum atomic E-state index is -0.888. The summed E-state index contributed by atoms with van der Waals surface area (Å²) >= 11 is 0. The van der Waals surface area contributed by atoms with Crippen molar-refractivity contribution >= 4 is 17.7 Å². The number of aliphatic carboxylic acids is 1. The van der Waals surface area contributed by atoms with E-state index in [0.717, 1.165) is 0 Å². The molecule has 0 aromatic heterocycles. The highest BCUT2D eigenvalue weighted by atomic mass is 16.4. The van der Waals surface area contributed by atoms with Crippen LogP contribution in [0.2, 0.25) is 0 Å². The molecule has 0 fully saturated rings. The quantitative estimate of drug-likeness (QED) is 0.753. The highest BCUT2D eigenvalue weighted by Crippen LogP contribution is 2.08. The molecular weight excluding hydrogens is 246 g/mol. The van der Waals surface area contributed by atoms with E-state index in [1.165, 1.54) is 0 Å². The lowest BCUT2D eigenvalue weighted by Crippen LogP contribution is -2.36. The van der Waals surface area contributed by atoms with Gasteiger partial charge in [-0.05, 0) is 37.6 Å². The number of nitrogens with one attached hydrogen (secondary N) is 2. The molecule has 1 aromatic carbocycles. The Morgan fingerprint density at radius 3 is 2.53 bits per heavy atom. The first-order valence-corrected chi connectivity index (χ1v) is 5.80. The molecule has 3 N–H and O–H groups in total. The first-order chi connectivity index (χ1) is 9.01. The van der Waals surface area contributed by atoms with Crippen molar-refractivity contribution in [3.05, 3.63) is 29.8 Å². The fourth-order valence-electron chi connectivity index (χ4n) is 1.43. The third-order valence-electron chi connectivity index (χ3n) is 2.44. The van der Waals surface area contributed by atoms with Crippen LogP contribution in [0.15, 0.2) is 24.3 Å². The largest absolute Gasteiger partial charge is 0.481 e. The van der Waals surface area contributed by atoms with Gasteiger partial charge in [0.1, 0.15) is 0 Å². The maximum Gasteiger partial charge on any atom is 0.319 e. The molecule has 0 saturated carbocycles. The minimum Gasteiger partial charge on any atom is -0.481 e. The highest BCUT2D eigenvalue weighted by molar-refractivity contribution is 5.89. The fourth-order valence-corrected chi connectivity index (χ4v) is 1.43. The van der Waals surface area contributed by atoms with E-state index >= 15 is 0 Å². The van der Waals surface area contributed by atoms with Crippen molar-refractivity contribution in [1.29, 1.82) is 5.26 Å².